The van der Waals surface area contributed by atoms with E-state index < -0.39 is 6.04 Å². The van der Waals surface area contributed by atoms with Gasteiger partial charge in [-0.05, 0) is 32.9 Å². The third-order valence-electron chi connectivity index (χ3n) is 3.90. The molecule has 2 aliphatic heterocycles. The van der Waals surface area contributed by atoms with E-state index in [1.165, 1.54) is 32.4 Å². The van der Waals surface area contributed by atoms with Crippen molar-refractivity contribution in [1.29, 1.82) is 0 Å². The van der Waals surface area contributed by atoms with E-state index >= 15 is 0 Å². The molecule has 0 saturated carbocycles. The molecule has 18 heavy (non-hydrogen) atoms. The number of hydrogen-bond donors (Lipinski definition) is 1. The summed E-state index contributed by atoms with van der Waals surface area (Å²) in [6.07, 6.45) is 4.43. The zero-order valence-corrected chi connectivity index (χ0v) is 11.2. The molecule has 100 valence electrons. The first-order chi connectivity index (χ1) is 8.72. The Morgan fingerprint density at radius 3 is 2.61 bits per heavy atom. The minimum atomic E-state index is -0.445. The zero-order valence-electron chi connectivity index (χ0n) is 11.2. The summed E-state index contributed by atoms with van der Waals surface area (Å²) in [5, 5.41) is 0. The van der Waals surface area contributed by atoms with Gasteiger partial charge in [0.2, 0.25) is 5.91 Å². The van der Waals surface area contributed by atoms with Gasteiger partial charge in [-0.2, -0.15) is 0 Å². The monoisotopic (exact) mass is 249 g/mol. The number of nitrogens with two attached hydrogens (primary N) is 1. The SMILES string of the molecule is CC#CCC(N)C(=O)N1CC(N2CCCCC2)C1. The fourth-order valence-electron chi connectivity index (χ4n) is 2.68. The van der Waals surface area contributed by atoms with Crippen molar-refractivity contribution >= 4 is 5.91 Å². The van der Waals surface area contributed by atoms with Gasteiger partial charge in [-0.15, -0.1) is 11.8 Å². The molecule has 0 radical (unpaired) electrons. The molecule has 4 nitrogen and oxygen atoms in total. The average Bonchev–Trinajstić information content (AvgIpc) is 2.35. The third-order valence-corrected chi connectivity index (χ3v) is 3.90. The second kappa shape index (κ2) is 6.21. The predicted octanol–water partition coefficient (Wildman–Crippen LogP) is 0.424. The lowest BCUT2D eigenvalue weighted by atomic mass is 10.0. The van der Waals surface area contributed by atoms with Crippen molar-refractivity contribution < 1.29 is 4.79 Å². The Morgan fingerprint density at radius 1 is 1.33 bits per heavy atom. The summed E-state index contributed by atoms with van der Waals surface area (Å²) in [6.45, 7) is 5.87. The van der Waals surface area contributed by atoms with E-state index in [4.69, 9.17) is 5.73 Å². The average molecular weight is 249 g/mol. The summed E-state index contributed by atoms with van der Waals surface area (Å²) in [7, 11) is 0. The maximum absolute atomic E-state index is 12.0. The Balaban J connectivity index is 1.73. The summed E-state index contributed by atoms with van der Waals surface area (Å²) in [6, 6.07) is 0.124. The number of piperidine rings is 1. The van der Waals surface area contributed by atoms with Gasteiger partial charge in [-0.25, -0.2) is 0 Å². The quantitative estimate of drug-likeness (QED) is 0.738. The number of carbonyl (C=O) groups is 1. The second-order valence-corrected chi connectivity index (χ2v) is 5.23. The van der Waals surface area contributed by atoms with E-state index in [0.29, 0.717) is 12.5 Å². The van der Waals surface area contributed by atoms with Crippen molar-refractivity contribution in [2.45, 2.75) is 44.7 Å². The van der Waals surface area contributed by atoms with E-state index in [9.17, 15) is 4.79 Å². The van der Waals surface area contributed by atoms with Gasteiger partial charge in [-0.3, -0.25) is 9.69 Å². The van der Waals surface area contributed by atoms with Crippen LogP contribution < -0.4 is 5.73 Å². The standard InChI is InChI=1S/C14H23N3O/c1-2-3-7-13(15)14(18)17-10-12(11-17)16-8-5-4-6-9-16/h12-13H,4-11,15H2,1H3. The molecule has 0 spiro atoms. The van der Waals surface area contributed by atoms with Crippen LogP contribution in [-0.2, 0) is 4.79 Å². The third kappa shape index (κ3) is 3.04. The Hall–Kier alpha value is -1.05. The summed E-state index contributed by atoms with van der Waals surface area (Å²) in [5.41, 5.74) is 5.83. The molecule has 2 aliphatic rings. The van der Waals surface area contributed by atoms with Crippen LogP contribution in [-0.4, -0.2) is 54.0 Å². The van der Waals surface area contributed by atoms with Gasteiger partial charge in [-0.1, -0.05) is 6.42 Å². The molecular weight excluding hydrogens is 226 g/mol. The molecule has 2 fully saturated rings. The molecule has 1 unspecified atom stereocenters. The van der Waals surface area contributed by atoms with E-state index in [2.05, 4.69) is 16.7 Å². The number of rotatable bonds is 3. The van der Waals surface area contributed by atoms with Crippen LogP contribution in [0.3, 0.4) is 0 Å². The maximum atomic E-state index is 12.0. The Labute approximate surface area is 109 Å². The number of amides is 1. The number of carbonyl (C=O) groups excluding carboxylic acids is 1. The van der Waals surface area contributed by atoms with Crippen LogP contribution in [0.2, 0.25) is 0 Å². The fraction of sp³-hybridized carbons (Fsp3) is 0.786. The lowest BCUT2D eigenvalue weighted by Crippen LogP contribution is -2.64. The first-order valence-corrected chi connectivity index (χ1v) is 6.90. The normalized spacial score (nSPS) is 22.9. The van der Waals surface area contributed by atoms with Gasteiger partial charge in [0.15, 0.2) is 0 Å². The van der Waals surface area contributed by atoms with Gasteiger partial charge in [0, 0.05) is 25.6 Å². The molecule has 1 amide bonds. The summed E-state index contributed by atoms with van der Waals surface area (Å²) in [5.74, 6) is 5.71. The molecule has 2 heterocycles. The van der Waals surface area contributed by atoms with Gasteiger partial charge in [0.1, 0.15) is 0 Å². The number of likely N-dealkylation sites (tertiary alicyclic amines) is 2. The summed E-state index contributed by atoms with van der Waals surface area (Å²) < 4.78 is 0. The molecule has 0 bridgehead atoms. The summed E-state index contributed by atoms with van der Waals surface area (Å²) >= 11 is 0. The van der Waals surface area contributed by atoms with E-state index in [1.54, 1.807) is 6.92 Å². The molecular formula is C14H23N3O. The first kappa shape index (κ1) is 13.4. The minimum Gasteiger partial charge on any atom is -0.338 e. The van der Waals surface area contributed by atoms with Crippen LogP contribution in [0.4, 0.5) is 0 Å². The van der Waals surface area contributed by atoms with E-state index in [1.807, 2.05) is 4.90 Å². The Bertz CT molecular complexity index is 346. The van der Waals surface area contributed by atoms with Gasteiger partial charge in [0.25, 0.3) is 0 Å². The van der Waals surface area contributed by atoms with Crippen molar-refractivity contribution in [2.24, 2.45) is 5.73 Å². The molecule has 0 aliphatic carbocycles. The van der Waals surface area contributed by atoms with E-state index in [0.717, 1.165) is 13.1 Å². The zero-order chi connectivity index (χ0) is 13.0. The van der Waals surface area contributed by atoms with Gasteiger partial charge < -0.3 is 10.6 Å². The Morgan fingerprint density at radius 2 is 2.00 bits per heavy atom. The van der Waals surface area contributed by atoms with Crippen LogP contribution in [0.5, 0.6) is 0 Å². The van der Waals surface area contributed by atoms with Crippen LogP contribution in [0.25, 0.3) is 0 Å². The van der Waals surface area contributed by atoms with Crippen molar-refractivity contribution in [3.05, 3.63) is 0 Å². The van der Waals surface area contributed by atoms with Crippen molar-refractivity contribution in [1.82, 2.24) is 9.80 Å². The highest BCUT2D eigenvalue weighted by Gasteiger charge is 2.36. The van der Waals surface area contributed by atoms with Crippen LogP contribution >= 0.6 is 0 Å². The van der Waals surface area contributed by atoms with Crippen LogP contribution in [0.15, 0.2) is 0 Å². The highest BCUT2D eigenvalue weighted by atomic mass is 16.2. The molecule has 2 saturated heterocycles. The van der Waals surface area contributed by atoms with Gasteiger partial charge in [0.05, 0.1) is 6.04 Å². The van der Waals surface area contributed by atoms with Gasteiger partial charge >= 0.3 is 0 Å². The van der Waals surface area contributed by atoms with Crippen LogP contribution in [0.1, 0.15) is 32.6 Å². The van der Waals surface area contributed by atoms with Crippen molar-refractivity contribution in [3.8, 4) is 11.8 Å². The summed E-state index contributed by atoms with van der Waals surface area (Å²) in [4.78, 5) is 16.4. The highest BCUT2D eigenvalue weighted by Crippen LogP contribution is 2.20. The smallest absolute Gasteiger partial charge is 0.240 e. The topological polar surface area (TPSA) is 49.6 Å². The molecule has 2 N–H and O–H groups in total. The minimum absolute atomic E-state index is 0.0611. The molecule has 0 aromatic heterocycles. The number of hydrogen-bond acceptors (Lipinski definition) is 3. The fourth-order valence-corrected chi connectivity index (χ4v) is 2.68. The van der Waals surface area contributed by atoms with Crippen molar-refractivity contribution in [2.75, 3.05) is 26.2 Å². The van der Waals surface area contributed by atoms with E-state index in [-0.39, 0.29) is 5.91 Å². The number of nitrogens with zero attached hydrogens (tertiary/aromatic N) is 2. The predicted molar refractivity (Wildman–Crippen MR) is 71.8 cm³/mol. The molecule has 1 atom stereocenters. The maximum Gasteiger partial charge on any atom is 0.240 e. The highest BCUT2D eigenvalue weighted by molar-refractivity contribution is 5.82. The van der Waals surface area contributed by atoms with Crippen LogP contribution in [0, 0.1) is 11.8 Å². The molecule has 2 rings (SSSR count). The molecule has 4 heteroatoms. The molecule has 0 aromatic rings. The Kier molecular flexibility index (Phi) is 4.62. The largest absolute Gasteiger partial charge is 0.338 e. The molecule has 0 aromatic carbocycles. The lowest BCUT2D eigenvalue weighted by Gasteiger charge is -2.47. The first-order valence-electron chi connectivity index (χ1n) is 6.90. The second-order valence-electron chi connectivity index (χ2n) is 5.23. The van der Waals surface area contributed by atoms with Crippen molar-refractivity contribution in [3.63, 3.8) is 0 Å². The lowest BCUT2D eigenvalue weighted by molar-refractivity contribution is -0.140.